The second-order valence-corrected chi connectivity index (χ2v) is 4.22. The van der Waals surface area contributed by atoms with Crippen molar-refractivity contribution in [1.29, 1.82) is 5.26 Å². The summed E-state index contributed by atoms with van der Waals surface area (Å²) >= 11 is 0. The fourth-order valence-corrected chi connectivity index (χ4v) is 1.47. The largest absolute Gasteiger partial charge is 0.435 e. The van der Waals surface area contributed by atoms with Crippen molar-refractivity contribution in [1.82, 2.24) is 5.32 Å². The molecule has 0 aliphatic carbocycles. The lowest BCUT2D eigenvalue weighted by Gasteiger charge is -2.20. The van der Waals surface area contributed by atoms with Crippen molar-refractivity contribution in [3.8, 4) is 11.8 Å². The van der Waals surface area contributed by atoms with Crippen LogP contribution in [0.3, 0.4) is 0 Å². The van der Waals surface area contributed by atoms with Crippen molar-refractivity contribution in [2.45, 2.75) is 31.9 Å². The Balaban J connectivity index is 2.57. The number of ether oxygens (including phenoxy) is 1. The Hall–Kier alpha value is -1.67. The first kappa shape index (κ1) is 14.4. The van der Waals surface area contributed by atoms with Gasteiger partial charge in [0.05, 0.1) is 6.07 Å². The summed E-state index contributed by atoms with van der Waals surface area (Å²) in [4.78, 5) is 0. The number of hydrogen-bond donors (Lipinski definition) is 1. The highest BCUT2D eigenvalue weighted by Crippen LogP contribution is 2.18. The fourth-order valence-electron chi connectivity index (χ4n) is 1.47. The van der Waals surface area contributed by atoms with Gasteiger partial charge in [0, 0.05) is 0 Å². The Morgan fingerprint density at radius 1 is 1.39 bits per heavy atom. The van der Waals surface area contributed by atoms with Crippen molar-refractivity contribution in [3.63, 3.8) is 0 Å². The number of hydrogen-bond acceptors (Lipinski definition) is 3. The highest BCUT2D eigenvalue weighted by Gasteiger charge is 2.20. The number of nitrogens with zero attached hydrogens (tertiary/aromatic N) is 1. The molecule has 0 spiro atoms. The van der Waals surface area contributed by atoms with Crippen LogP contribution in [0.1, 0.15) is 18.9 Å². The molecule has 1 N–H and O–H groups in total. The van der Waals surface area contributed by atoms with Gasteiger partial charge in [0.15, 0.2) is 0 Å². The highest BCUT2D eigenvalue weighted by atomic mass is 19.3. The predicted molar refractivity (Wildman–Crippen MR) is 64.5 cm³/mol. The molecule has 0 bridgehead atoms. The molecule has 1 aromatic carbocycles. The van der Waals surface area contributed by atoms with E-state index in [0.717, 1.165) is 5.56 Å². The Kier molecular flexibility index (Phi) is 5.05. The lowest BCUT2D eigenvalue weighted by atomic mass is 9.95. The smallest absolute Gasteiger partial charge is 0.387 e. The van der Waals surface area contributed by atoms with E-state index in [2.05, 4.69) is 16.1 Å². The average Bonchev–Trinajstić information content (AvgIpc) is 2.37. The van der Waals surface area contributed by atoms with E-state index in [1.165, 1.54) is 12.1 Å². The molecule has 1 atom stereocenters. The van der Waals surface area contributed by atoms with Crippen LogP contribution in [0.2, 0.25) is 0 Å². The minimum absolute atomic E-state index is 0.144. The molecule has 0 saturated heterocycles. The van der Waals surface area contributed by atoms with E-state index in [9.17, 15) is 8.78 Å². The van der Waals surface area contributed by atoms with Gasteiger partial charge in [0.1, 0.15) is 11.3 Å². The number of nitriles is 1. The van der Waals surface area contributed by atoms with Crippen LogP contribution in [-0.4, -0.2) is 19.2 Å². The molecule has 0 saturated carbocycles. The number of aryl methyl sites for hydroxylation is 1. The molecule has 0 aliphatic heterocycles. The van der Waals surface area contributed by atoms with Gasteiger partial charge >= 0.3 is 6.61 Å². The zero-order chi connectivity index (χ0) is 13.6. The molecule has 0 radical (unpaired) electrons. The Bertz CT molecular complexity index is 414. The summed E-state index contributed by atoms with van der Waals surface area (Å²) in [5.74, 6) is 0.144. The van der Waals surface area contributed by atoms with Crippen LogP contribution in [0.4, 0.5) is 8.78 Å². The van der Waals surface area contributed by atoms with Gasteiger partial charge in [-0.3, -0.25) is 0 Å². The molecule has 0 heterocycles. The molecule has 0 amide bonds. The second-order valence-electron chi connectivity index (χ2n) is 4.22. The summed E-state index contributed by atoms with van der Waals surface area (Å²) in [7, 11) is 1.74. The van der Waals surface area contributed by atoms with E-state index in [-0.39, 0.29) is 5.75 Å². The minimum Gasteiger partial charge on any atom is -0.435 e. The number of rotatable bonds is 6. The van der Waals surface area contributed by atoms with Crippen LogP contribution in [0.25, 0.3) is 0 Å². The van der Waals surface area contributed by atoms with Crippen LogP contribution in [-0.2, 0) is 6.42 Å². The van der Waals surface area contributed by atoms with Crippen LogP contribution >= 0.6 is 0 Å². The molecule has 0 aromatic heterocycles. The van der Waals surface area contributed by atoms with Crippen molar-refractivity contribution in [2.24, 2.45) is 0 Å². The first-order chi connectivity index (χ1) is 8.49. The highest BCUT2D eigenvalue weighted by molar-refractivity contribution is 5.27. The summed E-state index contributed by atoms with van der Waals surface area (Å²) in [5, 5.41) is 11.9. The molecule has 1 aromatic rings. The van der Waals surface area contributed by atoms with Gasteiger partial charge in [-0.25, -0.2) is 0 Å². The summed E-state index contributed by atoms with van der Waals surface area (Å²) in [6.45, 7) is -0.983. The van der Waals surface area contributed by atoms with E-state index < -0.39 is 12.2 Å². The number of benzene rings is 1. The second kappa shape index (κ2) is 6.31. The van der Waals surface area contributed by atoms with Gasteiger partial charge in [0.25, 0.3) is 0 Å². The molecule has 0 fully saturated rings. The molecule has 0 aliphatic rings. The molecule has 98 valence electrons. The van der Waals surface area contributed by atoms with Crippen molar-refractivity contribution < 1.29 is 13.5 Å². The summed E-state index contributed by atoms with van der Waals surface area (Å²) in [6, 6.07) is 8.66. The van der Waals surface area contributed by atoms with Gasteiger partial charge in [-0.15, -0.1) is 0 Å². The van der Waals surface area contributed by atoms with E-state index >= 15 is 0 Å². The maximum Gasteiger partial charge on any atom is 0.387 e. The van der Waals surface area contributed by atoms with Gasteiger partial charge in [-0.1, -0.05) is 12.1 Å². The summed E-state index contributed by atoms with van der Waals surface area (Å²) in [5.41, 5.74) is 0.409. The van der Waals surface area contributed by atoms with E-state index in [1.54, 1.807) is 19.2 Å². The fraction of sp³-hybridized carbons (Fsp3) is 0.462. The van der Waals surface area contributed by atoms with Gasteiger partial charge in [-0.05, 0) is 44.5 Å². The van der Waals surface area contributed by atoms with E-state index in [1.807, 2.05) is 6.92 Å². The van der Waals surface area contributed by atoms with Gasteiger partial charge in [-0.2, -0.15) is 14.0 Å². The molecule has 3 nitrogen and oxygen atoms in total. The third-order valence-electron chi connectivity index (χ3n) is 2.86. The Labute approximate surface area is 105 Å². The Morgan fingerprint density at radius 3 is 2.44 bits per heavy atom. The first-order valence-electron chi connectivity index (χ1n) is 5.63. The van der Waals surface area contributed by atoms with Gasteiger partial charge in [0.2, 0.25) is 0 Å². The van der Waals surface area contributed by atoms with E-state index in [0.29, 0.717) is 12.8 Å². The van der Waals surface area contributed by atoms with Crippen molar-refractivity contribution >= 4 is 0 Å². The molecule has 18 heavy (non-hydrogen) atoms. The zero-order valence-electron chi connectivity index (χ0n) is 10.4. The summed E-state index contributed by atoms with van der Waals surface area (Å²) in [6.07, 6.45) is 1.34. The molecular formula is C13H16F2N2O. The SMILES string of the molecule is CNC(C)(C#N)CCc1ccc(OC(F)F)cc1. The quantitative estimate of drug-likeness (QED) is 0.849. The molecule has 1 unspecified atom stereocenters. The zero-order valence-corrected chi connectivity index (χ0v) is 10.4. The lowest BCUT2D eigenvalue weighted by molar-refractivity contribution is -0.0498. The van der Waals surface area contributed by atoms with Crippen LogP contribution < -0.4 is 10.1 Å². The predicted octanol–water partition coefficient (Wildman–Crippen LogP) is 2.72. The average molecular weight is 254 g/mol. The van der Waals surface area contributed by atoms with Crippen molar-refractivity contribution in [2.75, 3.05) is 7.05 Å². The maximum atomic E-state index is 12.0. The Morgan fingerprint density at radius 2 is 2.00 bits per heavy atom. The lowest BCUT2D eigenvalue weighted by Crippen LogP contribution is -2.38. The maximum absolute atomic E-state index is 12.0. The van der Waals surface area contributed by atoms with E-state index in [4.69, 9.17) is 5.26 Å². The number of nitrogens with one attached hydrogen (secondary N) is 1. The molecule has 1 rings (SSSR count). The molecule has 5 heteroatoms. The normalized spacial score (nSPS) is 14.0. The van der Waals surface area contributed by atoms with Crippen LogP contribution in [0.15, 0.2) is 24.3 Å². The van der Waals surface area contributed by atoms with Gasteiger partial charge < -0.3 is 10.1 Å². The number of alkyl halides is 2. The minimum atomic E-state index is -2.80. The van der Waals surface area contributed by atoms with Crippen molar-refractivity contribution in [3.05, 3.63) is 29.8 Å². The van der Waals surface area contributed by atoms with Crippen LogP contribution in [0.5, 0.6) is 5.75 Å². The standard InChI is InChI=1S/C13H16F2N2O/c1-13(9-16,17-2)8-7-10-3-5-11(6-4-10)18-12(14)15/h3-6,12,17H,7-8H2,1-2H3. The monoisotopic (exact) mass is 254 g/mol. The molecular weight excluding hydrogens is 238 g/mol. The summed E-state index contributed by atoms with van der Waals surface area (Å²) < 4.78 is 28.2. The third kappa shape index (κ3) is 4.30. The third-order valence-corrected chi connectivity index (χ3v) is 2.86. The topological polar surface area (TPSA) is 45.0 Å². The number of halogens is 2. The van der Waals surface area contributed by atoms with Crippen LogP contribution in [0, 0.1) is 11.3 Å². The first-order valence-corrected chi connectivity index (χ1v) is 5.63.